The van der Waals surface area contributed by atoms with Crippen molar-refractivity contribution in [2.75, 3.05) is 26.2 Å². The molecule has 3 N–H and O–H groups in total. The number of hydrogen-bond acceptors (Lipinski definition) is 3. The number of halogens is 2. The zero-order valence-electron chi connectivity index (χ0n) is 13.1. The van der Waals surface area contributed by atoms with E-state index in [-0.39, 0.29) is 12.4 Å². The van der Waals surface area contributed by atoms with Crippen molar-refractivity contribution in [1.29, 1.82) is 0 Å². The molecule has 23 heavy (non-hydrogen) atoms. The minimum Gasteiger partial charge on any atom is -0.493 e. The summed E-state index contributed by atoms with van der Waals surface area (Å²) in [5.41, 5.74) is 7.80. The molecule has 0 aromatic heterocycles. The van der Waals surface area contributed by atoms with Gasteiger partial charge in [-0.3, -0.25) is 0 Å². The summed E-state index contributed by atoms with van der Waals surface area (Å²) in [6.45, 7) is 3.11. The van der Waals surface area contributed by atoms with Gasteiger partial charge in [-0.1, -0.05) is 41.9 Å². The van der Waals surface area contributed by atoms with Crippen LogP contribution in [0.15, 0.2) is 48.5 Å². The van der Waals surface area contributed by atoms with Gasteiger partial charge in [0.05, 0.1) is 6.61 Å². The average molecular weight is 355 g/mol. The van der Waals surface area contributed by atoms with Gasteiger partial charge in [-0.15, -0.1) is 12.4 Å². The highest BCUT2D eigenvalue weighted by molar-refractivity contribution is 6.30. The molecular weight excluding hydrogens is 331 g/mol. The summed E-state index contributed by atoms with van der Waals surface area (Å²) < 4.78 is 5.91. The summed E-state index contributed by atoms with van der Waals surface area (Å²) in [4.78, 5) is 0. The minimum atomic E-state index is 0. The van der Waals surface area contributed by atoms with Crippen LogP contribution in [-0.2, 0) is 6.42 Å². The van der Waals surface area contributed by atoms with Gasteiger partial charge in [-0.05, 0) is 42.3 Å². The largest absolute Gasteiger partial charge is 0.493 e. The molecule has 0 atom stereocenters. The molecule has 0 spiro atoms. The lowest BCUT2D eigenvalue weighted by Crippen LogP contribution is -2.24. The highest BCUT2D eigenvalue weighted by atomic mass is 35.5. The fourth-order valence-electron chi connectivity index (χ4n) is 2.25. The number of nitrogens with one attached hydrogen (secondary N) is 1. The topological polar surface area (TPSA) is 47.3 Å². The van der Waals surface area contributed by atoms with E-state index < -0.39 is 0 Å². The predicted molar refractivity (Wildman–Crippen MR) is 100.0 cm³/mol. The Hall–Kier alpha value is -1.26. The van der Waals surface area contributed by atoms with E-state index in [1.54, 1.807) is 0 Å². The van der Waals surface area contributed by atoms with Crippen molar-refractivity contribution >= 4 is 24.0 Å². The Morgan fingerprint density at radius 1 is 1.04 bits per heavy atom. The quantitative estimate of drug-likeness (QED) is 0.675. The van der Waals surface area contributed by atoms with Gasteiger partial charge in [-0.25, -0.2) is 0 Å². The second-order valence-corrected chi connectivity index (χ2v) is 5.59. The van der Waals surface area contributed by atoms with Gasteiger partial charge in [0.25, 0.3) is 0 Å². The van der Waals surface area contributed by atoms with Crippen LogP contribution in [0.2, 0.25) is 5.02 Å². The molecule has 0 bridgehead atoms. The van der Waals surface area contributed by atoms with Crippen LogP contribution in [-0.4, -0.2) is 26.2 Å². The monoisotopic (exact) mass is 354 g/mol. The third-order valence-corrected chi connectivity index (χ3v) is 3.57. The van der Waals surface area contributed by atoms with Crippen LogP contribution < -0.4 is 15.8 Å². The molecule has 0 saturated carbocycles. The molecule has 0 radical (unpaired) electrons. The van der Waals surface area contributed by atoms with Gasteiger partial charge < -0.3 is 15.8 Å². The molecule has 0 unspecified atom stereocenters. The Balaban J connectivity index is 0.00000264. The number of benzene rings is 2. The number of hydrogen-bond donors (Lipinski definition) is 2. The Labute approximate surface area is 149 Å². The van der Waals surface area contributed by atoms with Crippen LogP contribution in [0.4, 0.5) is 0 Å². The smallest absolute Gasteiger partial charge is 0.122 e. The maximum Gasteiger partial charge on any atom is 0.122 e. The molecule has 2 rings (SSSR count). The highest BCUT2D eigenvalue weighted by Gasteiger charge is 2.06. The maximum absolute atomic E-state index is 6.12. The van der Waals surface area contributed by atoms with Crippen LogP contribution in [0, 0.1) is 0 Å². The first kappa shape index (κ1) is 19.8. The SMILES string of the molecule is Cl.NCCNCCCOc1ccc(Cl)cc1Cc1ccccc1. The van der Waals surface area contributed by atoms with Crippen molar-refractivity contribution in [3.8, 4) is 5.75 Å². The molecule has 0 aliphatic carbocycles. The van der Waals surface area contributed by atoms with Gasteiger partial charge in [0, 0.05) is 24.5 Å². The Kier molecular flexibility index (Phi) is 9.72. The van der Waals surface area contributed by atoms with E-state index >= 15 is 0 Å². The van der Waals surface area contributed by atoms with E-state index in [9.17, 15) is 0 Å². The van der Waals surface area contributed by atoms with E-state index in [0.29, 0.717) is 13.2 Å². The molecule has 0 saturated heterocycles. The van der Waals surface area contributed by atoms with E-state index in [2.05, 4.69) is 17.4 Å². The molecule has 5 heteroatoms. The standard InChI is InChI=1S/C18H23ClN2O.ClH/c19-17-7-8-18(22-12-4-10-21-11-9-20)16(14-17)13-15-5-2-1-3-6-15;/h1-3,5-8,14,21H,4,9-13,20H2;1H. The Morgan fingerprint density at radius 2 is 1.83 bits per heavy atom. The molecule has 2 aromatic rings. The zero-order chi connectivity index (χ0) is 15.6. The van der Waals surface area contributed by atoms with Crippen LogP contribution in [0.25, 0.3) is 0 Å². The summed E-state index contributed by atoms with van der Waals surface area (Å²) >= 11 is 6.12. The molecule has 0 heterocycles. The molecule has 0 aliphatic rings. The van der Waals surface area contributed by atoms with Crippen molar-refractivity contribution in [2.45, 2.75) is 12.8 Å². The number of nitrogens with two attached hydrogens (primary N) is 1. The van der Waals surface area contributed by atoms with Crippen LogP contribution in [0.5, 0.6) is 5.75 Å². The van der Waals surface area contributed by atoms with Gasteiger partial charge >= 0.3 is 0 Å². The zero-order valence-corrected chi connectivity index (χ0v) is 14.7. The van der Waals surface area contributed by atoms with Gasteiger partial charge in [0.1, 0.15) is 5.75 Å². The van der Waals surface area contributed by atoms with Crippen LogP contribution in [0.1, 0.15) is 17.5 Å². The van der Waals surface area contributed by atoms with E-state index in [4.69, 9.17) is 22.1 Å². The van der Waals surface area contributed by atoms with Crippen LogP contribution >= 0.6 is 24.0 Å². The molecule has 0 aliphatic heterocycles. The van der Waals surface area contributed by atoms with Gasteiger partial charge in [-0.2, -0.15) is 0 Å². The fourth-order valence-corrected chi connectivity index (χ4v) is 2.44. The fraction of sp³-hybridized carbons (Fsp3) is 0.333. The van der Waals surface area contributed by atoms with E-state index in [0.717, 1.165) is 42.3 Å². The lowest BCUT2D eigenvalue weighted by molar-refractivity contribution is 0.306. The highest BCUT2D eigenvalue weighted by Crippen LogP contribution is 2.25. The first-order valence-electron chi connectivity index (χ1n) is 7.65. The van der Waals surface area contributed by atoms with Gasteiger partial charge in [0.15, 0.2) is 0 Å². The van der Waals surface area contributed by atoms with E-state index in [1.165, 1.54) is 5.56 Å². The summed E-state index contributed by atoms with van der Waals surface area (Å²) in [6, 6.07) is 16.1. The van der Waals surface area contributed by atoms with Crippen LogP contribution in [0.3, 0.4) is 0 Å². The summed E-state index contributed by atoms with van der Waals surface area (Å²) in [5, 5.41) is 4.00. The van der Waals surface area contributed by atoms with E-state index in [1.807, 2.05) is 36.4 Å². The molecule has 126 valence electrons. The first-order chi connectivity index (χ1) is 10.8. The second-order valence-electron chi connectivity index (χ2n) is 5.16. The molecule has 2 aromatic carbocycles. The Morgan fingerprint density at radius 3 is 2.57 bits per heavy atom. The molecular formula is C18H24Cl2N2O. The number of rotatable bonds is 9. The van der Waals surface area contributed by atoms with Crippen molar-refractivity contribution in [3.05, 3.63) is 64.7 Å². The van der Waals surface area contributed by atoms with Crippen molar-refractivity contribution in [1.82, 2.24) is 5.32 Å². The summed E-state index contributed by atoms with van der Waals surface area (Å²) in [5.74, 6) is 0.909. The first-order valence-corrected chi connectivity index (χ1v) is 8.03. The summed E-state index contributed by atoms with van der Waals surface area (Å²) in [7, 11) is 0. The molecule has 0 fully saturated rings. The molecule has 3 nitrogen and oxygen atoms in total. The average Bonchev–Trinajstić information content (AvgIpc) is 2.53. The third kappa shape index (κ3) is 7.23. The van der Waals surface area contributed by atoms with Crippen molar-refractivity contribution < 1.29 is 4.74 Å². The maximum atomic E-state index is 6.12. The van der Waals surface area contributed by atoms with Gasteiger partial charge in [0.2, 0.25) is 0 Å². The normalized spacial score (nSPS) is 10.2. The molecule has 0 amide bonds. The second kappa shape index (κ2) is 11.3. The third-order valence-electron chi connectivity index (χ3n) is 3.34. The Bertz CT molecular complexity index is 564. The minimum absolute atomic E-state index is 0. The van der Waals surface area contributed by atoms with Crippen molar-refractivity contribution in [2.24, 2.45) is 5.73 Å². The predicted octanol–water partition coefficient (Wildman–Crippen LogP) is 3.67. The number of ether oxygens (including phenoxy) is 1. The summed E-state index contributed by atoms with van der Waals surface area (Å²) in [6.07, 6.45) is 1.77. The lowest BCUT2D eigenvalue weighted by Gasteiger charge is -2.12. The lowest BCUT2D eigenvalue weighted by atomic mass is 10.0. The van der Waals surface area contributed by atoms with Crippen molar-refractivity contribution in [3.63, 3.8) is 0 Å².